The molecular weight excluding hydrogens is 234 g/mol. The molecule has 1 heterocycles. The van der Waals surface area contributed by atoms with Gasteiger partial charge in [0.05, 0.1) is 0 Å². The van der Waals surface area contributed by atoms with Crippen molar-refractivity contribution in [3.8, 4) is 0 Å². The summed E-state index contributed by atoms with van der Waals surface area (Å²) in [5, 5.41) is 0. The fraction of sp³-hybridized carbons (Fsp3) is 0.588. The molecule has 0 N–H and O–H groups in total. The standard InChI is InChI=1S/C17H23NO/c1-13-8-9-17(15(11-13)12-19)18-10-4-7-16(18)14-5-2-3-6-14/h8-9,11-12,14,16H,2-7,10H2,1H3. The molecule has 0 radical (unpaired) electrons. The van der Waals surface area contributed by atoms with Gasteiger partial charge in [0.25, 0.3) is 0 Å². The molecule has 2 aliphatic rings. The second-order valence-electron chi connectivity index (χ2n) is 6.13. The maximum Gasteiger partial charge on any atom is 0.152 e. The van der Waals surface area contributed by atoms with Crippen molar-refractivity contribution in [2.75, 3.05) is 11.4 Å². The summed E-state index contributed by atoms with van der Waals surface area (Å²) in [7, 11) is 0. The van der Waals surface area contributed by atoms with Gasteiger partial charge in [-0.3, -0.25) is 4.79 Å². The maximum absolute atomic E-state index is 11.3. The first kappa shape index (κ1) is 12.7. The maximum atomic E-state index is 11.3. The Morgan fingerprint density at radius 1 is 1.16 bits per heavy atom. The lowest BCUT2D eigenvalue weighted by atomic mass is 9.95. The van der Waals surface area contributed by atoms with Gasteiger partial charge in [-0.15, -0.1) is 0 Å². The monoisotopic (exact) mass is 257 g/mol. The van der Waals surface area contributed by atoms with Crippen LogP contribution in [0.25, 0.3) is 0 Å². The Balaban J connectivity index is 1.89. The molecule has 0 aromatic heterocycles. The first-order valence-electron chi connectivity index (χ1n) is 7.62. The van der Waals surface area contributed by atoms with Gasteiger partial charge in [0.2, 0.25) is 0 Å². The fourth-order valence-electron chi connectivity index (χ4n) is 3.95. The van der Waals surface area contributed by atoms with E-state index in [9.17, 15) is 4.79 Å². The number of nitrogens with zero attached hydrogens (tertiary/aromatic N) is 1. The lowest BCUT2D eigenvalue weighted by molar-refractivity contribution is 0.112. The molecule has 1 unspecified atom stereocenters. The van der Waals surface area contributed by atoms with Crippen molar-refractivity contribution in [1.82, 2.24) is 0 Å². The van der Waals surface area contributed by atoms with Crippen LogP contribution in [0.5, 0.6) is 0 Å². The van der Waals surface area contributed by atoms with Crippen LogP contribution < -0.4 is 4.90 Å². The summed E-state index contributed by atoms with van der Waals surface area (Å²) in [6, 6.07) is 6.97. The van der Waals surface area contributed by atoms with Crippen molar-refractivity contribution >= 4 is 12.0 Å². The molecule has 1 aromatic rings. The van der Waals surface area contributed by atoms with Crippen LogP contribution >= 0.6 is 0 Å². The summed E-state index contributed by atoms with van der Waals surface area (Å²) in [6.45, 7) is 3.17. The molecular formula is C17H23NO. The molecule has 2 fully saturated rings. The number of benzene rings is 1. The first-order chi connectivity index (χ1) is 9.29. The third-order valence-electron chi connectivity index (χ3n) is 4.86. The Kier molecular flexibility index (Phi) is 3.58. The third kappa shape index (κ3) is 2.41. The van der Waals surface area contributed by atoms with Crippen molar-refractivity contribution in [3.63, 3.8) is 0 Å². The smallest absolute Gasteiger partial charge is 0.152 e. The molecule has 1 saturated carbocycles. The zero-order valence-corrected chi connectivity index (χ0v) is 11.8. The van der Waals surface area contributed by atoms with E-state index in [1.165, 1.54) is 44.1 Å². The molecule has 2 heteroatoms. The van der Waals surface area contributed by atoms with Crippen LogP contribution in [0.3, 0.4) is 0 Å². The van der Waals surface area contributed by atoms with E-state index in [1.54, 1.807) is 0 Å². The number of carbonyl (C=O) groups excluding carboxylic acids is 1. The van der Waals surface area contributed by atoms with Crippen molar-refractivity contribution in [3.05, 3.63) is 29.3 Å². The van der Waals surface area contributed by atoms with Gasteiger partial charge in [0, 0.05) is 23.8 Å². The second kappa shape index (κ2) is 5.36. The van der Waals surface area contributed by atoms with E-state index < -0.39 is 0 Å². The lowest BCUT2D eigenvalue weighted by Crippen LogP contribution is -2.35. The van der Waals surface area contributed by atoms with E-state index in [0.29, 0.717) is 6.04 Å². The summed E-state index contributed by atoms with van der Waals surface area (Å²) < 4.78 is 0. The molecule has 102 valence electrons. The van der Waals surface area contributed by atoms with E-state index in [0.717, 1.165) is 30.0 Å². The van der Waals surface area contributed by atoms with Crippen molar-refractivity contribution in [2.24, 2.45) is 5.92 Å². The van der Waals surface area contributed by atoms with E-state index >= 15 is 0 Å². The summed E-state index contributed by atoms with van der Waals surface area (Å²) in [5.41, 5.74) is 3.20. The van der Waals surface area contributed by atoms with Gasteiger partial charge in [-0.2, -0.15) is 0 Å². The number of hydrogen-bond acceptors (Lipinski definition) is 2. The first-order valence-corrected chi connectivity index (χ1v) is 7.62. The molecule has 0 spiro atoms. The van der Waals surface area contributed by atoms with Gasteiger partial charge >= 0.3 is 0 Å². The van der Waals surface area contributed by atoms with Crippen LogP contribution in [-0.4, -0.2) is 18.9 Å². The Morgan fingerprint density at radius 3 is 2.68 bits per heavy atom. The van der Waals surface area contributed by atoms with Gasteiger partial charge in [-0.1, -0.05) is 24.5 Å². The topological polar surface area (TPSA) is 20.3 Å². The summed E-state index contributed by atoms with van der Waals surface area (Å²) in [4.78, 5) is 13.9. The minimum Gasteiger partial charge on any atom is -0.368 e. The number of anilines is 1. The van der Waals surface area contributed by atoms with Crippen LogP contribution in [0.1, 0.15) is 54.4 Å². The average molecular weight is 257 g/mol. The molecule has 2 nitrogen and oxygen atoms in total. The van der Waals surface area contributed by atoms with Gasteiger partial charge in [-0.25, -0.2) is 0 Å². The van der Waals surface area contributed by atoms with E-state index in [-0.39, 0.29) is 0 Å². The normalized spacial score (nSPS) is 24.1. The molecule has 1 aliphatic carbocycles. The van der Waals surface area contributed by atoms with E-state index in [2.05, 4.69) is 24.0 Å². The Morgan fingerprint density at radius 2 is 1.95 bits per heavy atom. The SMILES string of the molecule is Cc1ccc(N2CCCC2C2CCCC2)c(C=O)c1. The van der Waals surface area contributed by atoms with Crippen LogP contribution in [-0.2, 0) is 0 Å². The number of hydrogen-bond donors (Lipinski definition) is 0. The quantitative estimate of drug-likeness (QED) is 0.764. The zero-order chi connectivity index (χ0) is 13.2. The molecule has 19 heavy (non-hydrogen) atoms. The number of aryl methyl sites for hydroxylation is 1. The fourth-order valence-corrected chi connectivity index (χ4v) is 3.95. The molecule has 1 aromatic carbocycles. The minimum absolute atomic E-state index is 0.670. The highest BCUT2D eigenvalue weighted by atomic mass is 16.1. The summed E-state index contributed by atoms with van der Waals surface area (Å²) in [5.74, 6) is 0.850. The Labute approximate surface area is 115 Å². The predicted octanol–water partition coefficient (Wildman–Crippen LogP) is 3.97. The number of carbonyl (C=O) groups is 1. The van der Waals surface area contributed by atoms with Crippen LogP contribution in [0, 0.1) is 12.8 Å². The number of aldehydes is 1. The van der Waals surface area contributed by atoms with E-state index in [1.807, 2.05) is 6.07 Å². The third-order valence-corrected chi connectivity index (χ3v) is 4.86. The van der Waals surface area contributed by atoms with Gasteiger partial charge < -0.3 is 4.90 Å². The van der Waals surface area contributed by atoms with Crippen LogP contribution in [0.4, 0.5) is 5.69 Å². The molecule has 1 atom stereocenters. The Bertz CT molecular complexity index is 462. The van der Waals surface area contributed by atoms with Gasteiger partial charge in [-0.05, 0) is 50.7 Å². The molecule has 0 bridgehead atoms. The molecule has 1 aliphatic heterocycles. The van der Waals surface area contributed by atoms with Gasteiger partial charge in [0.15, 0.2) is 6.29 Å². The second-order valence-corrected chi connectivity index (χ2v) is 6.13. The highest BCUT2D eigenvalue weighted by Crippen LogP contribution is 2.38. The highest BCUT2D eigenvalue weighted by molar-refractivity contribution is 5.85. The predicted molar refractivity (Wildman–Crippen MR) is 78.9 cm³/mol. The van der Waals surface area contributed by atoms with Gasteiger partial charge in [0.1, 0.15) is 0 Å². The number of rotatable bonds is 3. The largest absolute Gasteiger partial charge is 0.368 e. The van der Waals surface area contributed by atoms with Crippen molar-refractivity contribution < 1.29 is 4.79 Å². The summed E-state index contributed by atoms with van der Waals surface area (Å²) >= 11 is 0. The minimum atomic E-state index is 0.670. The lowest BCUT2D eigenvalue weighted by Gasteiger charge is -2.32. The van der Waals surface area contributed by atoms with Crippen LogP contribution in [0.2, 0.25) is 0 Å². The van der Waals surface area contributed by atoms with Crippen molar-refractivity contribution in [2.45, 2.75) is 51.5 Å². The average Bonchev–Trinajstić information content (AvgIpc) is 3.08. The summed E-state index contributed by atoms with van der Waals surface area (Å²) in [6.07, 6.45) is 9.14. The molecule has 3 rings (SSSR count). The molecule has 0 amide bonds. The molecule has 1 saturated heterocycles. The van der Waals surface area contributed by atoms with E-state index in [4.69, 9.17) is 0 Å². The highest BCUT2D eigenvalue weighted by Gasteiger charge is 2.34. The van der Waals surface area contributed by atoms with Crippen LogP contribution in [0.15, 0.2) is 18.2 Å². The van der Waals surface area contributed by atoms with Crippen molar-refractivity contribution in [1.29, 1.82) is 0 Å². The zero-order valence-electron chi connectivity index (χ0n) is 11.8. The Hall–Kier alpha value is -1.31.